The highest BCUT2D eigenvalue weighted by Gasteiger charge is 2.64. The van der Waals surface area contributed by atoms with Crippen LogP contribution in [0.2, 0.25) is 0 Å². The molecule has 5 aliphatic rings. The lowest BCUT2D eigenvalue weighted by molar-refractivity contribution is -0.184. The topological polar surface area (TPSA) is 62.1 Å². The molecule has 1 spiro atoms. The van der Waals surface area contributed by atoms with Gasteiger partial charge in [0, 0.05) is 5.41 Å². The Morgan fingerprint density at radius 3 is 2.85 bits per heavy atom. The van der Waals surface area contributed by atoms with Crippen LogP contribution in [0.25, 0.3) is 0 Å². The van der Waals surface area contributed by atoms with E-state index >= 15 is 0 Å². The van der Waals surface area contributed by atoms with Gasteiger partial charge in [-0.25, -0.2) is 0 Å². The second-order valence-corrected chi connectivity index (χ2v) is 8.93. The molecule has 0 aromatic rings. The smallest absolute Gasteiger partial charge is 0.175 e. The van der Waals surface area contributed by atoms with Crippen LogP contribution in [-0.4, -0.2) is 27.9 Å². The van der Waals surface area contributed by atoms with Crippen molar-refractivity contribution in [2.45, 2.75) is 63.8 Å². The first-order valence-corrected chi connectivity index (χ1v) is 10.3. The number of ether oxygens (including phenoxy) is 1. The molecule has 7 atom stereocenters. The maximum Gasteiger partial charge on any atom is 0.175 e. The third-order valence-corrected chi connectivity index (χ3v) is 8.38. The van der Waals surface area contributed by atoms with Crippen LogP contribution < -0.4 is 0 Å². The molecule has 4 unspecified atom stereocenters. The van der Waals surface area contributed by atoms with Gasteiger partial charge in [-0.1, -0.05) is 30.3 Å². The Kier molecular flexibility index (Phi) is 3.74. The second-order valence-electron chi connectivity index (χ2n) is 8.93. The number of fused-ring (bicyclic) bond motifs is 6. The minimum atomic E-state index is -0.735. The molecule has 4 aliphatic carbocycles. The van der Waals surface area contributed by atoms with Gasteiger partial charge in [-0.05, 0) is 86.3 Å². The lowest BCUT2D eigenvalue weighted by Gasteiger charge is -2.55. The van der Waals surface area contributed by atoms with Gasteiger partial charge < -0.3 is 15.1 Å². The second kappa shape index (κ2) is 5.80. The molecular formula is C22H29NO3. The Hall–Kier alpha value is -1.39. The summed E-state index contributed by atoms with van der Waals surface area (Å²) in [4.78, 5) is 0. The molecule has 4 heteroatoms. The number of rotatable bonds is 1. The normalized spacial score (nSPS) is 50.6. The molecule has 0 radical (unpaired) electrons. The molecule has 0 saturated heterocycles. The van der Waals surface area contributed by atoms with E-state index < -0.39 is 6.29 Å². The largest absolute Gasteiger partial charge is 0.411 e. The molecule has 1 heterocycles. The van der Waals surface area contributed by atoms with Crippen LogP contribution in [0, 0.1) is 29.1 Å². The van der Waals surface area contributed by atoms with Crippen molar-refractivity contribution in [2.75, 3.05) is 0 Å². The van der Waals surface area contributed by atoms with Gasteiger partial charge in [0.25, 0.3) is 0 Å². The molecule has 2 saturated carbocycles. The van der Waals surface area contributed by atoms with E-state index in [-0.39, 0.29) is 11.0 Å². The summed E-state index contributed by atoms with van der Waals surface area (Å²) in [5.74, 6) is 2.54. The molecule has 2 N–H and O–H groups in total. The lowest BCUT2D eigenvalue weighted by Crippen LogP contribution is -2.53. The van der Waals surface area contributed by atoms with E-state index in [0.717, 1.165) is 31.4 Å². The van der Waals surface area contributed by atoms with Crippen LogP contribution >= 0.6 is 0 Å². The summed E-state index contributed by atoms with van der Waals surface area (Å²) in [7, 11) is 0. The minimum absolute atomic E-state index is 0.153. The van der Waals surface area contributed by atoms with E-state index in [1.54, 1.807) is 0 Å². The van der Waals surface area contributed by atoms with Gasteiger partial charge in [-0.3, -0.25) is 0 Å². The highest BCUT2D eigenvalue weighted by molar-refractivity contribution is 5.96. The first-order valence-electron chi connectivity index (χ1n) is 10.3. The van der Waals surface area contributed by atoms with Crippen molar-refractivity contribution >= 4 is 5.71 Å². The Labute approximate surface area is 155 Å². The zero-order valence-electron chi connectivity index (χ0n) is 15.5. The maximum absolute atomic E-state index is 10.0. The third-order valence-electron chi connectivity index (χ3n) is 8.38. The number of hydrogen-bond acceptors (Lipinski definition) is 4. The van der Waals surface area contributed by atoms with E-state index in [4.69, 9.17) is 9.94 Å². The van der Waals surface area contributed by atoms with Gasteiger partial charge in [0.2, 0.25) is 0 Å². The first kappa shape index (κ1) is 16.8. The van der Waals surface area contributed by atoms with Gasteiger partial charge in [-0.15, -0.1) is 0 Å². The SMILES string of the molecule is CC[C@]12CCC3C(C=CC4=C/C(=N/O)CC[C@@H]43)C1CC[C@@]21C=CC(O)O1. The number of oxime groups is 1. The highest BCUT2D eigenvalue weighted by Crippen LogP contribution is 2.67. The van der Waals surface area contributed by atoms with Crippen molar-refractivity contribution in [2.24, 2.45) is 34.2 Å². The summed E-state index contributed by atoms with van der Waals surface area (Å²) in [6, 6.07) is 0. The average Bonchev–Trinajstić information content (AvgIpc) is 3.22. The van der Waals surface area contributed by atoms with Crippen molar-refractivity contribution in [3.63, 3.8) is 0 Å². The fraction of sp³-hybridized carbons (Fsp3) is 0.682. The molecule has 0 bridgehead atoms. The van der Waals surface area contributed by atoms with Crippen molar-refractivity contribution in [1.29, 1.82) is 0 Å². The predicted octanol–water partition coefficient (Wildman–Crippen LogP) is 4.20. The maximum atomic E-state index is 10.0. The Morgan fingerprint density at radius 1 is 1.23 bits per heavy atom. The molecule has 0 aromatic carbocycles. The monoisotopic (exact) mass is 355 g/mol. The van der Waals surface area contributed by atoms with Crippen molar-refractivity contribution in [1.82, 2.24) is 0 Å². The zero-order chi connectivity index (χ0) is 17.9. The molecule has 2 fully saturated rings. The molecule has 1 aliphatic heterocycles. The lowest BCUT2D eigenvalue weighted by atomic mass is 9.51. The van der Waals surface area contributed by atoms with E-state index in [1.165, 1.54) is 24.8 Å². The standard InChI is InChI=1S/C22H29NO3/c1-2-21-10-7-17-16-6-4-15(23-25)13-14(16)3-5-18(17)19(21)8-11-22(21)12-9-20(24)26-22/h3,5,9,12-13,16-20,24-25H,2,4,6-8,10-11H2,1H3/b23-15+/t16-,17?,18?,19?,20?,21-,22+/m0/s1. The molecular weight excluding hydrogens is 326 g/mol. The summed E-state index contributed by atoms with van der Waals surface area (Å²) in [5, 5.41) is 22.6. The third kappa shape index (κ3) is 2.06. The summed E-state index contributed by atoms with van der Waals surface area (Å²) < 4.78 is 6.15. The summed E-state index contributed by atoms with van der Waals surface area (Å²) >= 11 is 0. The first-order chi connectivity index (χ1) is 12.6. The van der Waals surface area contributed by atoms with Gasteiger partial charge in [0.1, 0.15) is 0 Å². The van der Waals surface area contributed by atoms with Crippen LogP contribution in [0.5, 0.6) is 0 Å². The van der Waals surface area contributed by atoms with Gasteiger partial charge in [-0.2, -0.15) is 0 Å². The van der Waals surface area contributed by atoms with E-state index in [2.05, 4.69) is 36.4 Å². The van der Waals surface area contributed by atoms with Crippen molar-refractivity contribution < 1.29 is 15.1 Å². The molecule has 5 rings (SSSR count). The quantitative estimate of drug-likeness (QED) is 0.421. The molecule has 140 valence electrons. The summed E-state index contributed by atoms with van der Waals surface area (Å²) in [6.45, 7) is 2.31. The molecule has 0 amide bonds. The summed E-state index contributed by atoms with van der Waals surface area (Å²) in [6.07, 6.45) is 17.9. The van der Waals surface area contributed by atoms with E-state index in [9.17, 15) is 5.11 Å². The number of nitrogens with zero attached hydrogens (tertiary/aromatic N) is 1. The van der Waals surface area contributed by atoms with Crippen molar-refractivity contribution in [3.05, 3.63) is 36.0 Å². The molecule has 0 aromatic heterocycles. The van der Waals surface area contributed by atoms with E-state index in [1.807, 2.05) is 6.08 Å². The fourth-order valence-electron chi connectivity index (χ4n) is 7.30. The number of aliphatic hydroxyl groups excluding tert-OH is 1. The Morgan fingerprint density at radius 2 is 2.12 bits per heavy atom. The van der Waals surface area contributed by atoms with Crippen LogP contribution in [0.1, 0.15) is 51.9 Å². The number of hydrogen-bond donors (Lipinski definition) is 2. The van der Waals surface area contributed by atoms with E-state index in [0.29, 0.717) is 23.7 Å². The van der Waals surface area contributed by atoms with Crippen LogP contribution in [0.15, 0.2) is 41.1 Å². The van der Waals surface area contributed by atoms with Gasteiger partial charge in [0.15, 0.2) is 6.29 Å². The Balaban J connectivity index is 1.51. The Bertz CT molecular complexity index is 723. The number of aliphatic hydroxyl groups is 1. The van der Waals surface area contributed by atoms with Crippen LogP contribution in [0.4, 0.5) is 0 Å². The zero-order valence-corrected chi connectivity index (χ0v) is 15.5. The molecule has 26 heavy (non-hydrogen) atoms. The fourth-order valence-corrected chi connectivity index (χ4v) is 7.30. The van der Waals surface area contributed by atoms with Crippen LogP contribution in [0.3, 0.4) is 0 Å². The summed E-state index contributed by atoms with van der Waals surface area (Å²) in [5.41, 5.74) is 2.07. The average molecular weight is 355 g/mol. The van der Waals surface area contributed by atoms with Crippen LogP contribution in [-0.2, 0) is 4.74 Å². The predicted molar refractivity (Wildman–Crippen MR) is 99.8 cm³/mol. The highest BCUT2D eigenvalue weighted by atomic mass is 16.6. The minimum Gasteiger partial charge on any atom is -0.411 e. The van der Waals surface area contributed by atoms with Gasteiger partial charge >= 0.3 is 0 Å². The van der Waals surface area contributed by atoms with Crippen molar-refractivity contribution in [3.8, 4) is 0 Å². The number of allylic oxidation sites excluding steroid dienone is 4. The molecule has 4 nitrogen and oxygen atoms in total. The van der Waals surface area contributed by atoms with Gasteiger partial charge in [0.05, 0.1) is 11.3 Å².